The number of nitrogen functional groups attached to an aromatic ring is 1. The van der Waals surface area contributed by atoms with Gasteiger partial charge in [-0.25, -0.2) is 0 Å². The highest BCUT2D eigenvalue weighted by Gasteiger charge is 2.40. The molecular weight excluding hydrogens is 482 g/mol. The van der Waals surface area contributed by atoms with Crippen molar-refractivity contribution in [2.24, 2.45) is 5.73 Å². The first-order chi connectivity index (χ1) is 17.3. The number of amides is 3. The predicted octanol–water partition coefficient (Wildman–Crippen LogP) is 3.03. The Labute approximate surface area is 214 Å². The number of carbonyl (C=O) groups excluding carboxylic acids is 3. The van der Waals surface area contributed by atoms with Crippen LogP contribution in [0.25, 0.3) is 0 Å². The number of aromatic nitrogens is 1. The van der Waals surface area contributed by atoms with Crippen LogP contribution in [0.5, 0.6) is 11.5 Å². The third-order valence-corrected chi connectivity index (χ3v) is 7.91. The molecule has 5 N–H and O–H groups in total. The number of anilines is 1. The van der Waals surface area contributed by atoms with Gasteiger partial charge >= 0.3 is 0 Å². The molecule has 36 heavy (non-hydrogen) atoms. The van der Waals surface area contributed by atoms with Crippen molar-refractivity contribution in [1.29, 1.82) is 0 Å². The zero-order chi connectivity index (χ0) is 25.8. The summed E-state index contributed by atoms with van der Waals surface area (Å²) < 4.78 is 14.9. The van der Waals surface area contributed by atoms with Gasteiger partial charge in [0.15, 0.2) is 17.2 Å². The summed E-state index contributed by atoms with van der Waals surface area (Å²) in [4.78, 5) is 41.4. The summed E-state index contributed by atoms with van der Waals surface area (Å²) >= 11 is 0.827. The molecule has 10 nitrogen and oxygen atoms in total. The fourth-order valence-corrected chi connectivity index (χ4v) is 5.98. The molecule has 3 amide bonds. The predicted molar refractivity (Wildman–Crippen MR) is 136 cm³/mol. The van der Waals surface area contributed by atoms with Crippen molar-refractivity contribution >= 4 is 34.9 Å². The van der Waals surface area contributed by atoms with E-state index in [1.165, 1.54) is 7.11 Å². The Kier molecular flexibility index (Phi) is 7.97. The van der Waals surface area contributed by atoms with Crippen molar-refractivity contribution in [3.8, 4) is 11.5 Å². The number of hydrogen-bond donors (Lipinski definition) is 3. The van der Waals surface area contributed by atoms with Gasteiger partial charge in [-0.2, -0.15) is 4.37 Å². The van der Waals surface area contributed by atoms with Crippen LogP contribution in [-0.4, -0.2) is 53.3 Å². The van der Waals surface area contributed by atoms with E-state index in [0.29, 0.717) is 17.1 Å². The van der Waals surface area contributed by atoms with Crippen molar-refractivity contribution < 1.29 is 23.9 Å². The summed E-state index contributed by atoms with van der Waals surface area (Å²) in [5.41, 5.74) is 11.9. The van der Waals surface area contributed by atoms with E-state index >= 15 is 0 Å². The Morgan fingerprint density at radius 3 is 2.28 bits per heavy atom. The van der Waals surface area contributed by atoms with Crippen molar-refractivity contribution in [3.05, 3.63) is 34.3 Å². The first-order valence-corrected chi connectivity index (χ1v) is 13.0. The van der Waals surface area contributed by atoms with Gasteiger partial charge in [0.05, 0.1) is 19.9 Å². The second kappa shape index (κ2) is 11.2. The summed E-state index contributed by atoms with van der Waals surface area (Å²) in [6, 6.07) is 4.20. The standard InChI is InChI=1S/C25H33N5O5S/c1-34-17-12-11-14(13-18(17)35-2)21(24(32)28-15-7-3-4-8-15)30(16-9-5-6-10-16)25(33)22-19(26)20(23(27)31)29-36-22/h11-13,15-16,21H,3-10,26H2,1-2H3,(H2,27,31)(H,28,32)/t21-/m1/s1. The molecule has 0 aliphatic heterocycles. The molecular formula is C25H33N5O5S. The van der Waals surface area contributed by atoms with Crippen LogP contribution in [-0.2, 0) is 4.79 Å². The van der Waals surface area contributed by atoms with E-state index < -0.39 is 17.9 Å². The topological polar surface area (TPSA) is 150 Å². The number of nitrogens with two attached hydrogens (primary N) is 2. The Morgan fingerprint density at radius 1 is 1.06 bits per heavy atom. The summed E-state index contributed by atoms with van der Waals surface area (Å²) in [5.74, 6) is -0.516. The molecule has 1 aromatic heterocycles. The lowest BCUT2D eigenvalue weighted by Gasteiger charge is -2.36. The number of hydrogen-bond acceptors (Lipinski definition) is 8. The van der Waals surface area contributed by atoms with Gasteiger partial charge in [0.25, 0.3) is 11.8 Å². The Bertz CT molecular complexity index is 1120. The molecule has 2 aliphatic rings. The molecule has 4 rings (SSSR count). The van der Waals surface area contributed by atoms with Gasteiger partial charge in [-0.15, -0.1) is 0 Å². The minimum Gasteiger partial charge on any atom is -0.493 e. The minimum absolute atomic E-state index is 0.0530. The second-order valence-corrected chi connectivity index (χ2v) is 10.1. The van der Waals surface area contributed by atoms with E-state index in [-0.39, 0.29) is 34.2 Å². The SMILES string of the molecule is COc1ccc([C@H](C(=O)NC2CCCC2)N(C(=O)c2snc(C(N)=O)c2N)C2CCCC2)cc1OC. The molecule has 2 saturated carbocycles. The average Bonchev–Trinajstić information content (AvgIpc) is 3.64. The molecule has 2 aromatic rings. The Balaban J connectivity index is 1.80. The highest BCUT2D eigenvalue weighted by molar-refractivity contribution is 7.09. The van der Waals surface area contributed by atoms with Crippen LogP contribution in [0.3, 0.4) is 0 Å². The first-order valence-electron chi connectivity index (χ1n) is 12.3. The van der Waals surface area contributed by atoms with Crippen LogP contribution >= 0.6 is 11.5 Å². The molecule has 0 radical (unpaired) electrons. The third kappa shape index (κ3) is 5.11. The van der Waals surface area contributed by atoms with Crippen LogP contribution in [0.2, 0.25) is 0 Å². The van der Waals surface area contributed by atoms with Crippen LogP contribution in [0.1, 0.15) is 83.1 Å². The van der Waals surface area contributed by atoms with Gasteiger partial charge in [-0.1, -0.05) is 31.7 Å². The Morgan fingerprint density at radius 2 is 1.69 bits per heavy atom. The molecule has 0 bridgehead atoms. The van der Waals surface area contributed by atoms with Gasteiger partial charge in [-0.05, 0) is 54.9 Å². The van der Waals surface area contributed by atoms with E-state index in [4.69, 9.17) is 20.9 Å². The summed E-state index contributed by atoms with van der Waals surface area (Å²) in [5, 5.41) is 3.17. The normalized spacial score (nSPS) is 17.1. The maximum absolute atomic E-state index is 14.1. The second-order valence-electron chi connectivity index (χ2n) is 9.30. The van der Waals surface area contributed by atoms with Crippen LogP contribution in [0, 0.1) is 0 Å². The molecule has 1 heterocycles. The minimum atomic E-state index is -0.931. The monoisotopic (exact) mass is 515 g/mol. The van der Waals surface area contributed by atoms with Crippen LogP contribution in [0.4, 0.5) is 5.69 Å². The fourth-order valence-electron chi connectivity index (χ4n) is 5.23. The van der Waals surface area contributed by atoms with Gasteiger partial charge in [0.2, 0.25) is 5.91 Å². The number of ether oxygens (including phenoxy) is 2. The Hall–Kier alpha value is -3.34. The summed E-state index contributed by atoms with van der Waals surface area (Å²) in [6.07, 6.45) is 7.34. The molecule has 0 spiro atoms. The third-order valence-electron chi connectivity index (χ3n) is 7.06. The maximum Gasteiger partial charge on any atom is 0.270 e. The molecule has 0 saturated heterocycles. The molecule has 1 aromatic carbocycles. The van der Waals surface area contributed by atoms with Crippen LogP contribution in [0.15, 0.2) is 18.2 Å². The molecule has 11 heteroatoms. The number of carbonyl (C=O) groups is 3. The van der Waals surface area contributed by atoms with Crippen molar-refractivity contribution in [2.45, 2.75) is 69.5 Å². The van der Waals surface area contributed by atoms with Crippen LogP contribution < -0.4 is 26.3 Å². The van der Waals surface area contributed by atoms with Gasteiger partial charge in [0.1, 0.15) is 10.9 Å². The fraction of sp³-hybridized carbons (Fsp3) is 0.520. The van der Waals surface area contributed by atoms with Crippen molar-refractivity contribution in [2.75, 3.05) is 20.0 Å². The first kappa shape index (κ1) is 25.7. The highest BCUT2D eigenvalue weighted by Crippen LogP contribution is 2.38. The van der Waals surface area contributed by atoms with Crippen molar-refractivity contribution in [3.63, 3.8) is 0 Å². The highest BCUT2D eigenvalue weighted by atomic mass is 32.1. The van der Waals surface area contributed by atoms with E-state index in [9.17, 15) is 14.4 Å². The van der Waals surface area contributed by atoms with Gasteiger partial charge < -0.3 is 31.2 Å². The number of nitrogens with zero attached hydrogens (tertiary/aromatic N) is 2. The average molecular weight is 516 g/mol. The molecule has 2 aliphatic carbocycles. The maximum atomic E-state index is 14.1. The molecule has 1 atom stereocenters. The zero-order valence-corrected chi connectivity index (χ0v) is 21.4. The summed E-state index contributed by atoms with van der Waals surface area (Å²) in [7, 11) is 3.07. The van der Waals surface area contributed by atoms with Gasteiger partial charge in [-0.3, -0.25) is 14.4 Å². The number of nitrogens with one attached hydrogen (secondary N) is 1. The van der Waals surface area contributed by atoms with Gasteiger partial charge in [0, 0.05) is 12.1 Å². The number of benzene rings is 1. The molecule has 2 fully saturated rings. The lowest BCUT2D eigenvalue weighted by molar-refractivity contribution is -0.127. The smallest absolute Gasteiger partial charge is 0.270 e. The molecule has 194 valence electrons. The summed E-state index contributed by atoms with van der Waals surface area (Å²) in [6.45, 7) is 0. The lowest BCUT2D eigenvalue weighted by atomic mass is 9.99. The van der Waals surface area contributed by atoms with Crippen molar-refractivity contribution in [1.82, 2.24) is 14.6 Å². The van der Waals surface area contributed by atoms with E-state index in [1.54, 1.807) is 30.2 Å². The largest absolute Gasteiger partial charge is 0.493 e. The van der Waals surface area contributed by atoms with E-state index in [1.807, 2.05) is 0 Å². The number of primary amides is 1. The number of methoxy groups -OCH3 is 2. The lowest BCUT2D eigenvalue weighted by Crippen LogP contribution is -2.49. The zero-order valence-electron chi connectivity index (χ0n) is 20.6. The molecule has 0 unspecified atom stereocenters. The van der Waals surface area contributed by atoms with E-state index in [2.05, 4.69) is 9.69 Å². The van der Waals surface area contributed by atoms with E-state index in [0.717, 1.165) is 62.9 Å². The quantitative estimate of drug-likeness (QED) is 0.464. The number of rotatable bonds is 9.